The predicted molar refractivity (Wildman–Crippen MR) is 93.6 cm³/mol. The first kappa shape index (κ1) is 16.2. The summed E-state index contributed by atoms with van der Waals surface area (Å²) >= 11 is 0. The number of carbonyl (C=O) groups excluding carboxylic acids is 1. The Morgan fingerprint density at radius 2 is 1.67 bits per heavy atom. The van der Waals surface area contributed by atoms with Crippen LogP contribution in [0.2, 0.25) is 0 Å². The van der Waals surface area contributed by atoms with Gasteiger partial charge in [0.25, 0.3) is 0 Å². The molecule has 0 unspecified atom stereocenters. The van der Waals surface area contributed by atoms with E-state index in [9.17, 15) is 9.90 Å². The number of carbonyl (C=O) groups is 1. The van der Waals surface area contributed by atoms with Crippen molar-refractivity contribution in [1.82, 2.24) is 0 Å². The highest BCUT2D eigenvalue weighted by Crippen LogP contribution is 2.33. The predicted octanol–water partition coefficient (Wildman–Crippen LogP) is 3.50. The molecule has 0 heterocycles. The van der Waals surface area contributed by atoms with Crippen molar-refractivity contribution in [2.45, 2.75) is 19.1 Å². The number of hydrogen-bond donors (Lipinski definition) is 2. The van der Waals surface area contributed by atoms with E-state index in [0.29, 0.717) is 11.3 Å². The fraction of sp³-hybridized carbons (Fsp3) is 0.150. The van der Waals surface area contributed by atoms with Gasteiger partial charge in [-0.2, -0.15) is 0 Å². The van der Waals surface area contributed by atoms with E-state index >= 15 is 0 Å². The lowest BCUT2D eigenvalue weighted by Crippen LogP contribution is -2.20. The third-order valence-electron chi connectivity index (χ3n) is 3.94. The van der Waals surface area contributed by atoms with Gasteiger partial charge >= 0.3 is 5.97 Å². The van der Waals surface area contributed by atoms with Gasteiger partial charge in [-0.05, 0) is 29.3 Å². The smallest absolute Gasteiger partial charge is 0.345 e. The fourth-order valence-corrected chi connectivity index (χ4v) is 2.77. The quantitative estimate of drug-likeness (QED) is 0.570. The van der Waals surface area contributed by atoms with Gasteiger partial charge in [0.2, 0.25) is 0 Å². The van der Waals surface area contributed by atoms with Crippen LogP contribution in [0.15, 0.2) is 66.7 Å². The van der Waals surface area contributed by atoms with Crippen molar-refractivity contribution < 1.29 is 14.6 Å². The largest absolute Gasteiger partial charge is 0.424 e. The second kappa shape index (κ2) is 6.83. The van der Waals surface area contributed by atoms with Crippen LogP contribution in [-0.2, 0) is 4.79 Å². The Kier molecular flexibility index (Phi) is 4.60. The Morgan fingerprint density at radius 3 is 2.38 bits per heavy atom. The first-order valence-corrected chi connectivity index (χ1v) is 7.80. The lowest BCUT2D eigenvalue weighted by atomic mass is 9.99. The molecule has 0 spiro atoms. The number of fused-ring (bicyclic) bond motifs is 1. The van der Waals surface area contributed by atoms with Crippen LogP contribution in [0.1, 0.15) is 30.2 Å². The maximum atomic E-state index is 12.3. The zero-order valence-electron chi connectivity index (χ0n) is 13.3. The van der Waals surface area contributed by atoms with Crippen molar-refractivity contribution >= 4 is 16.7 Å². The minimum Gasteiger partial charge on any atom is -0.424 e. The van der Waals surface area contributed by atoms with Gasteiger partial charge in [-0.1, -0.05) is 60.7 Å². The van der Waals surface area contributed by atoms with Gasteiger partial charge in [0.15, 0.2) is 6.10 Å². The van der Waals surface area contributed by atoms with E-state index in [1.807, 2.05) is 43.3 Å². The van der Waals surface area contributed by atoms with Crippen LogP contribution >= 0.6 is 0 Å². The summed E-state index contributed by atoms with van der Waals surface area (Å²) in [7, 11) is 0. The van der Waals surface area contributed by atoms with Crippen molar-refractivity contribution in [1.29, 1.82) is 0 Å². The van der Waals surface area contributed by atoms with Crippen LogP contribution in [0.4, 0.5) is 0 Å². The van der Waals surface area contributed by atoms with E-state index in [4.69, 9.17) is 10.5 Å². The molecule has 0 radical (unpaired) electrons. The van der Waals surface area contributed by atoms with E-state index in [1.165, 1.54) is 0 Å². The van der Waals surface area contributed by atoms with E-state index < -0.39 is 12.1 Å². The molecule has 4 heteroatoms. The lowest BCUT2D eigenvalue weighted by molar-refractivity contribution is -0.144. The molecular formula is C20H19NO3. The Labute approximate surface area is 140 Å². The summed E-state index contributed by atoms with van der Waals surface area (Å²) in [6, 6.07) is 19.8. The summed E-state index contributed by atoms with van der Waals surface area (Å²) in [4.78, 5) is 12.3. The molecule has 3 rings (SSSR count). The number of nitrogens with two attached hydrogens (primary N) is 1. The van der Waals surface area contributed by atoms with Gasteiger partial charge in [0.1, 0.15) is 5.75 Å². The Morgan fingerprint density at radius 1 is 1.00 bits per heavy atom. The normalized spacial score (nSPS) is 13.5. The lowest BCUT2D eigenvalue weighted by Gasteiger charge is -2.17. The molecule has 0 bridgehead atoms. The summed E-state index contributed by atoms with van der Waals surface area (Å²) < 4.78 is 5.46. The average Bonchev–Trinajstić information content (AvgIpc) is 2.61. The van der Waals surface area contributed by atoms with Crippen LogP contribution in [0.25, 0.3) is 10.8 Å². The first-order chi connectivity index (χ1) is 11.6. The summed E-state index contributed by atoms with van der Waals surface area (Å²) in [6.45, 7) is 1.84. The molecule has 0 saturated carbocycles. The highest BCUT2D eigenvalue weighted by atomic mass is 16.5. The van der Waals surface area contributed by atoms with E-state index in [2.05, 4.69) is 0 Å². The molecule has 0 amide bonds. The zero-order chi connectivity index (χ0) is 17.1. The molecular weight excluding hydrogens is 302 g/mol. The minimum absolute atomic E-state index is 0.312. The standard InChI is InChI=1S/C20H19NO3/c1-13(21)18-16-10-6-5-7-14(16)11-12-17(18)24-20(23)19(22)15-8-3-2-4-9-15/h2-13,19,22H,21H2,1H3/t13-,19-/m1/s1. The minimum atomic E-state index is -1.33. The molecule has 0 saturated heterocycles. The topological polar surface area (TPSA) is 72.5 Å². The van der Waals surface area contributed by atoms with Crippen molar-refractivity contribution in [2.24, 2.45) is 5.73 Å². The van der Waals surface area contributed by atoms with Gasteiger partial charge in [0, 0.05) is 11.6 Å². The van der Waals surface area contributed by atoms with Crippen molar-refractivity contribution in [3.63, 3.8) is 0 Å². The summed E-state index contributed by atoms with van der Waals surface area (Å²) in [5.41, 5.74) is 7.33. The van der Waals surface area contributed by atoms with E-state index in [1.54, 1.807) is 30.3 Å². The van der Waals surface area contributed by atoms with Crippen LogP contribution in [-0.4, -0.2) is 11.1 Å². The molecule has 0 aliphatic heterocycles. The molecule has 0 fully saturated rings. The maximum absolute atomic E-state index is 12.3. The molecule has 3 aromatic rings. The molecule has 0 aliphatic rings. The Bertz CT molecular complexity index is 859. The molecule has 0 aliphatic carbocycles. The molecule has 122 valence electrons. The number of esters is 1. The molecule has 2 atom stereocenters. The highest BCUT2D eigenvalue weighted by Gasteiger charge is 2.22. The Balaban J connectivity index is 1.95. The first-order valence-electron chi connectivity index (χ1n) is 7.80. The summed E-state index contributed by atoms with van der Waals surface area (Å²) in [5.74, 6) is -0.345. The molecule has 0 aromatic heterocycles. The number of hydrogen-bond acceptors (Lipinski definition) is 4. The summed E-state index contributed by atoms with van der Waals surface area (Å²) in [6.07, 6.45) is -1.33. The highest BCUT2D eigenvalue weighted by molar-refractivity contribution is 5.89. The van der Waals surface area contributed by atoms with Gasteiger partial charge in [0.05, 0.1) is 0 Å². The Hall–Kier alpha value is -2.69. The van der Waals surface area contributed by atoms with Crippen molar-refractivity contribution in [2.75, 3.05) is 0 Å². The summed E-state index contributed by atoms with van der Waals surface area (Å²) in [5, 5.41) is 12.1. The second-order valence-electron chi connectivity index (χ2n) is 5.72. The van der Waals surface area contributed by atoms with Crippen molar-refractivity contribution in [3.8, 4) is 5.75 Å². The monoisotopic (exact) mass is 321 g/mol. The SMILES string of the molecule is C[C@@H](N)c1c(OC(=O)[C@H](O)c2ccccc2)ccc2ccccc12. The van der Waals surface area contributed by atoms with Crippen LogP contribution < -0.4 is 10.5 Å². The maximum Gasteiger partial charge on any atom is 0.345 e. The number of rotatable bonds is 4. The van der Waals surface area contributed by atoms with E-state index in [0.717, 1.165) is 16.3 Å². The number of aliphatic hydroxyl groups is 1. The second-order valence-corrected chi connectivity index (χ2v) is 5.72. The average molecular weight is 321 g/mol. The van der Waals surface area contributed by atoms with Crippen molar-refractivity contribution in [3.05, 3.63) is 77.9 Å². The number of aliphatic hydroxyl groups excluding tert-OH is 1. The molecule has 3 aromatic carbocycles. The number of ether oxygens (including phenoxy) is 1. The third kappa shape index (κ3) is 3.15. The van der Waals surface area contributed by atoms with Crippen LogP contribution in [0.3, 0.4) is 0 Å². The zero-order valence-corrected chi connectivity index (χ0v) is 13.3. The van der Waals surface area contributed by atoms with Gasteiger partial charge in [-0.25, -0.2) is 4.79 Å². The fourth-order valence-electron chi connectivity index (χ4n) is 2.77. The van der Waals surface area contributed by atoms with Gasteiger partial charge in [-0.15, -0.1) is 0 Å². The van der Waals surface area contributed by atoms with Crippen LogP contribution in [0, 0.1) is 0 Å². The molecule has 3 N–H and O–H groups in total. The van der Waals surface area contributed by atoms with Gasteiger partial charge in [-0.3, -0.25) is 0 Å². The van der Waals surface area contributed by atoms with Crippen LogP contribution in [0.5, 0.6) is 5.75 Å². The molecule has 4 nitrogen and oxygen atoms in total. The van der Waals surface area contributed by atoms with E-state index in [-0.39, 0.29) is 6.04 Å². The third-order valence-corrected chi connectivity index (χ3v) is 3.94. The number of benzene rings is 3. The van der Waals surface area contributed by atoms with Gasteiger partial charge < -0.3 is 15.6 Å². The molecule has 24 heavy (non-hydrogen) atoms.